The maximum atomic E-state index is 13.1. The van der Waals surface area contributed by atoms with Crippen LogP contribution in [0.1, 0.15) is 11.6 Å². The minimum Gasteiger partial charge on any atom is -0.497 e. The van der Waals surface area contributed by atoms with Gasteiger partial charge in [0.05, 0.1) is 36.9 Å². The summed E-state index contributed by atoms with van der Waals surface area (Å²) in [7, 11) is -3.11. The standard InChI is InChI=1S/C20H24F2N2O4S/c1-27-16-8-6-15(7-9-16)18(24-10-12-28-13-11-24)14-23-17-4-2-3-5-19(17)29(25,26)20(21)22/h2-9,18,20,23H,10-14H2,1H3. The van der Waals surface area contributed by atoms with Gasteiger partial charge in [-0.15, -0.1) is 0 Å². The van der Waals surface area contributed by atoms with Gasteiger partial charge in [-0.2, -0.15) is 8.78 Å². The van der Waals surface area contributed by atoms with Gasteiger partial charge in [-0.3, -0.25) is 4.90 Å². The van der Waals surface area contributed by atoms with Crippen LogP contribution in [0.2, 0.25) is 0 Å². The number of methoxy groups -OCH3 is 1. The fourth-order valence-corrected chi connectivity index (χ4v) is 4.24. The topological polar surface area (TPSA) is 67.9 Å². The van der Waals surface area contributed by atoms with Gasteiger partial charge in [0.1, 0.15) is 5.75 Å². The second-order valence-electron chi connectivity index (χ2n) is 6.62. The number of nitrogens with zero attached hydrogens (tertiary/aromatic N) is 1. The lowest BCUT2D eigenvalue weighted by atomic mass is 10.0. The summed E-state index contributed by atoms with van der Waals surface area (Å²) in [4.78, 5) is 1.83. The van der Waals surface area contributed by atoms with Gasteiger partial charge >= 0.3 is 5.76 Å². The van der Waals surface area contributed by atoms with Crippen molar-refractivity contribution in [3.8, 4) is 5.75 Å². The summed E-state index contributed by atoms with van der Waals surface area (Å²) in [6, 6.07) is 13.3. The van der Waals surface area contributed by atoms with Crippen molar-refractivity contribution in [1.29, 1.82) is 0 Å². The molecule has 0 spiro atoms. The average molecular weight is 426 g/mol. The Morgan fingerprint density at radius 3 is 2.38 bits per heavy atom. The molecular weight excluding hydrogens is 402 g/mol. The van der Waals surface area contributed by atoms with E-state index in [1.165, 1.54) is 18.2 Å². The number of morpholine rings is 1. The fourth-order valence-electron chi connectivity index (χ4n) is 3.34. The molecule has 1 aliphatic heterocycles. The van der Waals surface area contributed by atoms with Gasteiger partial charge in [-0.05, 0) is 29.8 Å². The number of halogens is 2. The lowest BCUT2D eigenvalue weighted by Crippen LogP contribution is -2.41. The molecule has 3 rings (SSSR count). The Hall–Kier alpha value is -2.23. The van der Waals surface area contributed by atoms with Crippen molar-refractivity contribution in [3.05, 3.63) is 54.1 Å². The van der Waals surface area contributed by atoms with Crippen LogP contribution in [0.3, 0.4) is 0 Å². The van der Waals surface area contributed by atoms with E-state index in [1.54, 1.807) is 13.2 Å². The van der Waals surface area contributed by atoms with Crippen molar-refractivity contribution in [3.63, 3.8) is 0 Å². The Bertz CT molecular complexity index is 901. The largest absolute Gasteiger partial charge is 0.497 e. The zero-order valence-corrected chi connectivity index (χ0v) is 16.9. The molecule has 1 N–H and O–H groups in total. The first-order valence-electron chi connectivity index (χ1n) is 9.24. The highest BCUT2D eigenvalue weighted by Gasteiger charge is 2.30. The highest BCUT2D eigenvalue weighted by Crippen LogP contribution is 2.29. The third-order valence-corrected chi connectivity index (χ3v) is 6.34. The van der Waals surface area contributed by atoms with E-state index in [9.17, 15) is 17.2 Å². The number of ether oxygens (including phenoxy) is 2. The average Bonchev–Trinajstić information content (AvgIpc) is 2.75. The van der Waals surface area contributed by atoms with Gasteiger partial charge in [0.25, 0.3) is 0 Å². The monoisotopic (exact) mass is 426 g/mol. The quantitative estimate of drug-likeness (QED) is 0.699. The molecule has 29 heavy (non-hydrogen) atoms. The Labute approximate surface area is 169 Å². The van der Waals surface area contributed by atoms with Crippen LogP contribution in [-0.2, 0) is 14.6 Å². The SMILES string of the molecule is COc1ccc(C(CNc2ccccc2S(=O)(=O)C(F)F)N2CCOCC2)cc1. The summed E-state index contributed by atoms with van der Waals surface area (Å²) in [5.41, 5.74) is 1.17. The van der Waals surface area contributed by atoms with Crippen molar-refractivity contribution in [2.75, 3.05) is 45.3 Å². The molecule has 0 amide bonds. The van der Waals surface area contributed by atoms with E-state index in [4.69, 9.17) is 9.47 Å². The smallest absolute Gasteiger partial charge is 0.341 e. The van der Waals surface area contributed by atoms with Gasteiger partial charge in [-0.25, -0.2) is 8.42 Å². The Morgan fingerprint density at radius 1 is 1.10 bits per heavy atom. The lowest BCUT2D eigenvalue weighted by Gasteiger charge is -2.35. The number of sulfone groups is 1. The van der Waals surface area contributed by atoms with Crippen molar-refractivity contribution in [1.82, 2.24) is 4.90 Å². The first-order valence-corrected chi connectivity index (χ1v) is 10.8. The third kappa shape index (κ3) is 5.04. The first kappa shape index (κ1) is 21.5. The molecule has 6 nitrogen and oxygen atoms in total. The molecule has 9 heteroatoms. The van der Waals surface area contributed by atoms with Crippen molar-refractivity contribution >= 4 is 15.5 Å². The lowest BCUT2D eigenvalue weighted by molar-refractivity contribution is 0.0187. The van der Waals surface area contributed by atoms with Crippen LogP contribution in [0.25, 0.3) is 0 Å². The second-order valence-corrected chi connectivity index (χ2v) is 8.51. The van der Waals surface area contributed by atoms with E-state index in [0.29, 0.717) is 19.8 Å². The van der Waals surface area contributed by atoms with Crippen LogP contribution in [0, 0.1) is 0 Å². The Kier molecular flexibility index (Phi) is 7.05. The maximum absolute atomic E-state index is 13.1. The van der Waals surface area contributed by atoms with E-state index in [1.807, 2.05) is 24.3 Å². The number of alkyl halides is 2. The van der Waals surface area contributed by atoms with E-state index in [2.05, 4.69) is 10.2 Å². The number of nitrogens with one attached hydrogen (secondary N) is 1. The van der Waals surface area contributed by atoms with Gasteiger partial charge < -0.3 is 14.8 Å². The predicted molar refractivity (Wildman–Crippen MR) is 106 cm³/mol. The number of benzene rings is 2. The second kappa shape index (κ2) is 9.51. The molecule has 0 aromatic heterocycles. The van der Waals surface area contributed by atoms with Crippen LogP contribution in [0.15, 0.2) is 53.4 Å². The van der Waals surface area contributed by atoms with Gasteiger partial charge in [0.2, 0.25) is 9.84 Å². The molecule has 158 valence electrons. The molecule has 1 heterocycles. The Morgan fingerprint density at radius 2 is 1.76 bits per heavy atom. The Balaban J connectivity index is 1.85. The molecule has 0 aliphatic carbocycles. The number of rotatable bonds is 8. The first-order chi connectivity index (χ1) is 13.9. The van der Waals surface area contributed by atoms with Crippen LogP contribution in [-0.4, -0.2) is 59.0 Å². The predicted octanol–water partition coefficient (Wildman–Crippen LogP) is 3.18. The number of anilines is 1. The maximum Gasteiger partial charge on any atom is 0.341 e. The summed E-state index contributed by atoms with van der Waals surface area (Å²) in [6.45, 7) is 2.98. The molecule has 0 saturated carbocycles. The molecular formula is C20H24F2N2O4S. The number of hydrogen-bond donors (Lipinski definition) is 1. The van der Waals surface area contributed by atoms with Crippen molar-refractivity contribution in [2.24, 2.45) is 0 Å². The highest BCUT2D eigenvalue weighted by atomic mass is 32.2. The van der Waals surface area contributed by atoms with Crippen molar-refractivity contribution < 1.29 is 26.7 Å². The molecule has 2 aromatic carbocycles. The van der Waals surface area contributed by atoms with Crippen LogP contribution < -0.4 is 10.1 Å². The summed E-state index contributed by atoms with van der Waals surface area (Å²) >= 11 is 0. The molecule has 1 atom stereocenters. The van der Waals surface area contributed by atoms with E-state index in [-0.39, 0.29) is 11.7 Å². The fraction of sp³-hybridized carbons (Fsp3) is 0.400. The summed E-state index contributed by atoms with van der Waals surface area (Å²) in [6.07, 6.45) is 0. The summed E-state index contributed by atoms with van der Waals surface area (Å²) in [5, 5.41) is 3.07. The van der Waals surface area contributed by atoms with E-state index in [0.717, 1.165) is 24.4 Å². The molecule has 0 bridgehead atoms. The zero-order chi connectivity index (χ0) is 20.9. The summed E-state index contributed by atoms with van der Waals surface area (Å²) in [5.74, 6) is -2.74. The van der Waals surface area contributed by atoms with Crippen molar-refractivity contribution in [2.45, 2.75) is 16.7 Å². The molecule has 1 unspecified atom stereocenters. The molecule has 1 aliphatic rings. The summed E-state index contributed by atoms with van der Waals surface area (Å²) < 4.78 is 60.8. The van der Waals surface area contributed by atoms with Crippen LogP contribution >= 0.6 is 0 Å². The third-order valence-electron chi connectivity index (χ3n) is 4.90. The molecule has 0 radical (unpaired) electrons. The molecule has 2 aromatic rings. The van der Waals surface area contributed by atoms with E-state index >= 15 is 0 Å². The van der Waals surface area contributed by atoms with Gasteiger partial charge in [-0.1, -0.05) is 24.3 Å². The molecule has 1 fully saturated rings. The minimum atomic E-state index is -4.70. The highest BCUT2D eigenvalue weighted by molar-refractivity contribution is 7.91. The van der Waals surface area contributed by atoms with Gasteiger partial charge in [0.15, 0.2) is 0 Å². The molecule has 1 saturated heterocycles. The minimum absolute atomic E-state index is 0.0906. The van der Waals surface area contributed by atoms with E-state index < -0.39 is 20.5 Å². The number of hydrogen-bond acceptors (Lipinski definition) is 6. The zero-order valence-electron chi connectivity index (χ0n) is 16.1. The van der Waals surface area contributed by atoms with Crippen LogP contribution in [0.4, 0.5) is 14.5 Å². The van der Waals surface area contributed by atoms with Gasteiger partial charge in [0, 0.05) is 19.6 Å². The normalized spacial score (nSPS) is 16.6. The number of para-hydroxylation sites is 1. The van der Waals surface area contributed by atoms with Crippen LogP contribution in [0.5, 0.6) is 5.75 Å².